The van der Waals surface area contributed by atoms with Crippen LogP contribution in [0.3, 0.4) is 0 Å². The van der Waals surface area contributed by atoms with Gasteiger partial charge in [-0.3, -0.25) is 0 Å². The lowest BCUT2D eigenvalue weighted by Gasteiger charge is -2.29. The maximum absolute atomic E-state index is 2.39. The highest BCUT2D eigenvalue weighted by Crippen LogP contribution is 2.55. The van der Waals surface area contributed by atoms with E-state index in [1.807, 2.05) is 0 Å². The first-order chi connectivity index (χ1) is 26.8. The van der Waals surface area contributed by atoms with Crippen LogP contribution in [0.25, 0.3) is 66.8 Å². The van der Waals surface area contributed by atoms with Gasteiger partial charge in [0, 0.05) is 0 Å². The third-order valence-corrected chi connectivity index (χ3v) is 10.9. The van der Waals surface area contributed by atoms with E-state index in [9.17, 15) is 0 Å². The van der Waals surface area contributed by atoms with E-state index < -0.39 is 0 Å². The van der Waals surface area contributed by atoms with Crippen LogP contribution in [0, 0.1) is 0 Å². The van der Waals surface area contributed by atoms with Crippen LogP contribution in [0.4, 0.5) is 0 Å². The maximum Gasteiger partial charge on any atom is -0.00139 e. The van der Waals surface area contributed by atoms with E-state index in [1.165, 1.54) is 129 Å². The van der Waals surface area contributed by atoms with Gasteiger partial charge >= 0.3 is 0 Å². The van der Waals surface area contributed by atoms with Crippen LogP contribution in [-0.4, -0.2) is 0 Å². The fourth-order valence-electron chi connectivity index (χ4n) is 8.09. The topological polar surface area (TPSA) is 0 Å². The summed E-state index contributed by atoms with van der Waals surface area (Å²) in [6.45, 7) is 4.57. The quantitative estimate of drug-likeness (QED) is 0.0880. The van der Waals surface area contributed by atoms with Gasteiger partial charge in [-0.2, -0.15) is 0 Å². The molecule has 0 saturated carbocycles. The Morgan fingerprint density at radius 1 is 0.241 bits per heavy atom. The fourth-order valence-corrected chi connectivity index (χ4v) is 8.09. The third-order valence-electron chi connectivity index (χ3n) is 10.9. The molecule has 0 fully saturated rings. The molecule has 0 heterocycles. The number of unbranched alkanes of at least 4 members (excludes halogenated alkanes) is 6. The van der Waals surface area contributed by atoms with Gasteiger partial charge in [0.05, 0.1) is 0 Å². The summed E-state index contributed by atoms with van der Waals surface area (Å²) in [6, 6.07) is 63.5. The Bertz CT molecular complexity index is 1910. The normalized spacial score (nSPS) is 11.1. The predicted octanol–water partition coefficient (Wildman–Crippen LogP) is 15.9. The predicted molar refractivity (Wildman–Crippen MR) is 235 cm³/mol. The van der Waals surface area contributed by atoms with E-state index in [1.54, 1.807) is 0 Å². The maximum atomic E-state index is 2.39. The fraction of sp³-hybridized carbons (Fsp3) is 0.222. The summed E-state index contributed by atoms with van der Waals surface area (Å²) in [7, 11) is 0. The lowest BCUT2D eigenvalue weighted by atomic mass is 9.74. The first-order valence-electron chi connectivity index (χ1n) is 20.4. The van der Waals surface area contributed by atoms with Gasteiger partial charge in [-0.25, -0.2) is 0 Å². The molecule has 0 unspecified atom stereocenters. The highest BCUT2D eigenvalue weighted by Gasteiger charge is 2.29. The van der Waals surface area contributed by atoms with Gasteiger partial charge in [-0.05, 0) is 104 Å². The number of hydrogen-bond donors (Lipinski definition) is 0. The van der Waals surface area contributed by atoms with Crippen molar-refractivity contribution in [3.05, 3.63) is 181 Å². The van der Waals surface area contributed by atoms with Crippen LogP contribution in [-0.2, 0) is 12.8 Å². The Kier molecular flexibility index (Phi) is 12.7. The Hall–Kier alpha value is -5.46. The van der Waals surface area contributed by atoms with Crippen molar-refractivity contribution in [2.45, 2.75) is 78.1 Å². The summed E-state index contributed by atoms with van der Waals surface area (Å²) in [5, 5.41) is 0. The average Bonchev–Trinajstić information content (AvgIpc) is 3.24. The summed E-state index contributed by atoms with van der Waals surface area (Å²) in [5.74, 6) is 0. The van der Waals surface area contributed by atoms with Crippen molar-refractivity contribution in [2.75, 3.05) is 0 Å². The van der Waals surface area contributed by atoms with E-state index in [2.05, 4.69) is 184 Å². The van der Waals surface area contributed by atoms with E-state index in [4.69, 9.17) is 0 Å². The van der Waals surface area contributed by atoms with Crippen LogP contribution in [0.1, 0.15) is 76.3 Å². The standard InChI is InChI=1S/C54H54/c1-3-5-7-13-23-41-33-37-47(38-34-41)53-49(43-25-15-9-16-26-43)51(45-29-19-11-20-30-45)54(48-39-35-42(36-40-48)24-14-8-6-4-2)52(46-31-21-12-22-32-46)50(53)44-27-17-10-18-28-44/h9-12,15-22,25-40H,3-8,13-14,23-24H2,1-2H3. The van der Waals surface area contributed by atoms with Crippen LogP contribution >= 0.6 is 0 Å². The molecule has 54 heavy (non-hydrogen) atoms. The third kappa shape index (κ3) is 8.50. The Morgan fingerprint density at radius 3 is 0.722 bits per heavy atom. The number of rotatable bonds is 16. The van der Waals surface area contributed by atoms with Crippen molar-refractivity contribution in [3.8, 4) is 66.8 Å². The monoisotopic (exact) mass is 702 g/mol. The molecular formula is C54H54. The average molecular weight is 703 g/mol. The molecule has 7 aromatic carbocycles. The second-order valence-electron chi connectivity index (χ2n) is 14.7. The molecule has 0 spiro atoms. The zero-order valence-corrected chi connectivity index (χ0v) is 32.2. The summed E-state index contributed by atoms with van der Waals surface area (Å²) < 4.78 is 0. The molecule has 0 aliphatic rings. The minimum Gasteiger partial charge on any atom is -0.0654 e. The van der Waals surface area contributed by atoms with E-state index in [0.29, 0.717) is 0 Å². The molecule has 0 aliphatic heterocycles. The van der Waals surface area contributed by atoms with Crippen LogP contribution in [0.15, 0.2) is 170 Å². The van der Waals surface area contributed by atoms with E-state index in [-0.39, 0.29) is 0 Å². The second-order valence-corrected chi connectivity index (χ2v) is 14.7. The second kappa shape index (κ2) is 18.5. The summed E-state index contributed by atoms with van der Waals surface area (Å²) in [6.07, 6.45) is 12.4. The minimum absolute atomic E-state index is 1.12. The van der Waals surface area contributed by atoms with Crippen molar-refractivity contribution in [2.24, 2.45) is 0 Å². The Morgan fingerprint density at radius 2 is 0.481 bits per heavy atom. The zero-order valence-electron chi connectivity index (χ0n) is 32.2. The van der Waals surface area contributed by atoms with E-state index in [0.717, 1.165) is 12.8 Å². The molecule has 0 nitrogen and oxygen atoms in total. The van der Waals surface area contributed by atoms with Gasteiger partial charge in [0.25, 0.3) is 0 Å². The molecule has 0 saturated heterocycles. The number of benzene rings is 7. The molecular weight excluding hydrogens is 649 g/mol. The molecule has 0 amide bonds. The van der Waals surface area contributed by atoms with Gasteiger partial charge < -0.3 is 0 Å². The Balaban J connectivity index is 1.59. The minimum atomic E-state index is 1.12. The first kappa shape index (κ1) is 36.9. The van der Waals surface area contributed by atoms with Gasteiger partial charge in [-0.1, -0.05) is 222 Å². The highest BCUT2D eigenvalue weighted by atomic mass is 14.3. The summed E-state index contributed by atoms with van der Waals surface area (Å²) >= 11 is 0. The molecule has 0 N–H and O–H groups in total. The molecule has 0 aromatic heterocycles. The van der Waals surface area contributed by atoms with Gasteiger partial charge in [0.1, 0.15) is 0 Å². The largest absolute Gasteiger partial charge is 0.0654 e. The molecule has 0 heteroatoms. The van der Waals surface area contributed by atoms with Gasteiger partial charge in [0.2, 0.25) is 0 Å². The molecule has 0 bridgehead atoms. The molecule has 7 aromatic rings. The van der Waals surface area contributed by atoms with E-state index >= 15 is 0 Å². The SMILES string of the molecule is CCCCCCc1ccc(-c2c(-c3ccccc3)c(-c3ccccc3)c(-c3ccc(CCCCCC)cc3)c(-c3ccccc3)c2-c2ccccc2)cc1. The first-order valence-corrected chi connectivity index (χ1v) is 20.4. The van der Waals surface area contributed by atoms with Crippen molar-refractivity contribution < 1.29 is 0 Å². The van der Waals surface area contributed by atoms with Gasteiger partial charge in [0.15, 0.2) is 0 Å². The van der Waals surface area contributed by atoms with Crippen molar-refractivity contribution in [3.63, 3.8) is 0 Å². The summed E-state index contributed by atoms with van der Waals surface area (Å²) in [5.41, 5.74) is 17.8. The van der Waals surface area contributed by atoms with Crippen molar-refractivity contribution in [1.82, 2.24) is 0 Å². The molecule has 0 atom stereocenters. The lowest BCUT2D eigenvalue weighted by molar-refractivity contribution is 0.667. The number of aryl methyl sites for hydroxylation is 2. The summed E-state index contributed by atoms with van der Waals surface area (Å²) in [4.78, 5) is 0. The Labute approximate surface area is 324 Å². The molecule has 0 aliphatic carbocycles. The van der Waals surface area contributed by atoms with Crippen LogP contribution < -0.4 is 0 Å². The zero-order chi connectivity index (χ0) is 37.0. The van der Waals surface area contributed by atoms with Crippen molar-refractivity contribution >= 4 is 0 Å². The molecule has 0 radical (unpaired) electrons. The highest BCUT2D eigenvalue weighted by molar-refractivity contribution is 6.15. The van der Waals surface area contributed by atoms with Crippen LogP contribution in [0.5, 0.6) is 0 Å². The van der Waals surface area contributed by atoms with Gasteiger partial charge in [-0.15, -0.1) is 0 Å². The van der Waals surface area contributed by atoms with Crippen molar-refractivity contribution in [1.29, 1.82) is 0 Å². The smallest absolute Gasteiger partial charge is 0.00139 e. The number of hydrogen-bond acceptors (Lipinski definition) is 0. The molecule has 7 rings (SSSR count). The van der Waals surface area contributed by atoms with Crippen LogP contribution in [0.2, 0.25) is 0 Å². The lowest BCUT2D eigenvalue weighted by Crippen LogP contribution is -2.02. The molecule has 270 valence electrons.